The minimum Gasteiger partial charge on any atom is -0.347 e. The molecule has 11 heavy (non-hydrogen) atoms. The van der Waals surface area contributed by atoms with Gasteiger partial charge in [0.15, 0.2) is 0 Å². The molecule has 0 unspecified atom stereocenters. The molecule has 1 aromatic rings. The summed E-state index contributed by atoms with van der Waals surface area (Å²) < 4.78 is 3.96. The first-order chi connectivity index (χ1) is 5.33. The molecule has 0 radical (unpaired) electrons. The number of carbonyl (C=O) groups excluding carboxylic acids is 1. The third kappa shape index (κ3) is 2.55. The van der Waals surface area contributed by atoms with E-state index in [9.17, 15) is 4.79 Å². The Morgan fingerprint density at radius 2 is 2.55 bits per heavy atom. The first-order valence-electron chi connectivity index (χ1n) is 3.03. The Labute approximate surface area is 69.1 Å². The van der Waals surface area contributed by atoms with Crippen molar-refractivity contribution in [3.05, 3.63) is 30.1 Å². The lowest BCUT2D eigenvalue weighted by atomic mass is 10.2. The highest BCUT2D eigenvalue weighted by Gasteiger charge is 2.02. The van der Waals surface area contributed by atoms with E-state index in [4.69, 9.17) is 11.9 Å². The highest BCUT2D eigenvalue weighted by atomic mass is 35.5. The summed E-state index contributed by atoms with van der Waals surface area (Å²) >= 11 is 4.83. The molecule has 1 heterocycles. The summed E-state index contributed by atoms with van der Waals surface area (Å²) in [6.45, 7) is 0. The van der Waals surface area contributed by atoms with Gasteiger partial charge in [-0.2, -0.15) is 0 Å². The lowest BCUT2D eigenvalue weighted by Gasteiger charge is -1.94. The molecule has 0 aliphatic carbocycles. The van der Waals surface area contributed by atoms with E-state index in [0.29, 0.717) is 0 Å². The Balaban J connectivity index is 2.58. The second-order valence-electron chi connectivity index (χ2n) is 1.99. The lowest BCUT2D eigenvalue weighted by molar-refractivity contribution is -0.133. The summed E-state index contributed by atoms with van der Waals surface area (Å²) in [7, 11) is 0. The second kappa shape index (κ2) is 3.93. The smallest absolute Gasteiger partial charge is 0.329 e. The number of carbonyl (C=O) groups is 1. The largest absolute Gasteiger partial charge is 0.347 e. The molecule has 0 atom stereocenters. The summed E-state index contributed by atoms with van der Waals surface area (Å²) in [6, 6.07) is 3.53. The molecule has 1 rings (SSSR count). The van der Waals surface area contributed by atoms with Gasteiger partial charge in [0, 0.05) is 12.4 Å². The maximum absolute atomic E-state index is 10.6. The van der Waals surface area contributed by atoms with Gasteiger partial charge in [-0.05, 0) is 11.6 Å². The van der Waals surface area contributed by atoms with E-state index in [2.05, 4.69) is 9.27 Å². The van der Waals surface area contributed by atoms with Crippen LogP contribution in [0.1, 0.15) is 5.56 Å². The van der Waals surface area contributed by atoms with Gasteiger partial charge < -0.3 is 4.29 Å². The first kappa shape index (κ1) is 8.01. The van der Waals surface area contributed by atoms with Gasteiger partial charge >= 0.3 is 5.97 Å². The minimum atomic E-state index is -0.473. The van der Waals surface area contributed by atoms with Crippen LogP contribution in [-0.2, 0) is 15.5 Å². The minimum absolute atomic E-state index is 0.164. The number of pyridine rings is 1. The molecule has 0 aromatic carbocycles. The summed E-state index contributed by atoms with van der Waals surface area (Å²) in [5, 5.41) is 0. The van der Waals surface area contributed by atoms with Crippen LogP contribution < -0.4 is 0 Å². The Morgan fingerprint density at radius 3 is 3.09 bits per heavy atom. The summed E-state index contributed by atoms with van der Waals surface area (Å²) in [5.41, 5.74) is 0.790. The van der Waals surface area contributed by atoms with Crippen molar-refractivity contribution in [1.82, 2.24) is 4.98 Å². The summed E-state index contributed by atoms with van der Waals surface area (Å²) in [5.74, 6) is -0.473. The Kier molecular flexibility index (Phi) is 2.86. The standard InChI is InChI=1S/C7H6ClNO2/c8-11-7(10)4-6-2-1-3-9-5-6/h1-3,5H,4H2. The Hall–Kier alpha value is -1.09. The number of rotatable bonds is 2. The van der Waals surface area contributed by atoms with Gasteiger partial charge in [-0.15, -0.1) is 0 Å². The molecule has 0 aliphatic rings. The zero-order valence-corrected chi connectivity index (χ0v) is 6.41. The van der Waals surface area contributed by atoms with Crippen molar-refractivity contribution in [3.63, 3.8) is 0 Å². The average Bonchev–Trinajstić information content (AvgIpc) is 2.06. The number of nitrogens with zero attached hydrogens (tertiary/aromatic N) is 1. The van der Waals surface area contributed by atoms with Gasteiger partial charge in [0.1, 0.15) is 11.9 Å². The van der Waals surface area contributed by atoms with E-state index in [1.807, 2.05) is 0 Å². The molecule has 4 heteroatoms. The monoisotopic (exact) mass is 171 g/mol. The van der Waals surface area contributed by atoms with Crippen LogP contribution in [0.3, 0.4) is 0 Å². The van der Waals surface area contributed by atoms with Crippen LogP contribution in [0.4, 0.5) is 0 Å². The molecule has 0 fully saturated rings. The van der Waals surface area contributed by atoms with Crippen LogP contribution in [0.2, 0.25) is 0 Å². The van der Waals surface area contributed by atoms with E-state index in [1.54, 1.807) is 24.5 Å². The molecule has 0 spiro atoms. The van der Waals surface area contributed by atoms with Crippen molar-refractivity contribution in [2.45, 2.75) is 6.42 Å². The van der Waals surface area contributed by atoms with Crippen molar-refractivity contribution in [2.24, 2.45) is 0 Å². The van der Waals surface area contributed by atoms with Gasteiger partial charge in [0.2, 0.25) is 0 Å². The van der Waals surface area contributed by atoms with Crippen LogP contribution in [0.5, 0.6) is 0 Å². The lowest BCUT2D eigenvalue weighted by Crippen LogP contribution is -2.01. The quantitative estimate of drug-likeness (QED) is 0.674. The first-order valence-corrected chi connectivity index (χ1v) is 3.34. The van der Waals surface area contributed by atoms with Gasteiger partial charge in [0.25, 0.3) is 0 Å². The fraction of sp³-hybridized carbons (Fsp3) is 0.143. The zero-order chi connectivity index (χ0) is 8.10. The second-order valence-corrected chi connectivity index (χ2v) is 2.14. The topological polar surface area (TPSA) is 39.2 Å². The van der Waals surface area contributed by atoms with Crippen LogP contribution in [0.25, 0.3) is 0 Å². The maximum atomic E-state index is 10.6. The van der Waals surface area contributed by atoms with E-state index in [-0.39, 0.29) is 6.42 Å². The van der Waals surface area contributed by atoms with Gasteiger partial charge in [0.05, 0.1) is 6.42 Å². The number of hydrogen-bond donors (Lipinski definition) is 0. The average molecular weight is 172 g/mol. The molecule has 58 valence electrons. The molecule has 0 amide bonds. The van der Waals surface area contributed by atoms with Crippen molar-refractivity contribution in [1.29, 1.82) is 0 Å². The third-order valence-electron chi connectivity index (χ3n) is 1.16. The van der Waals surface area contributed by atoms with E-state index in [0.717, 1.165) is 5.56 Å². The predicted octanol–water partition coefficient (Wildman–Crippen LogP) is 1.32. The third-order valence-corrected chi connectivity index (χ3v) is 1.33. The fourth-order valence-electron chi connectivity index (χ4n) is 0.697. The molecule has 0 aliphatic heterocycles. The molecule has 0 bridgehead atoms. The highest BCUT2D eigenvalue weighted by molar-refractivity contribution is 6.13. The van der Waals surface area contributed by atoms with Gasteiger partial charge in [-0.25, -0.2) is 0 Å². The highest BCUT2D eigenvalue weighted by Crippen LogP contribution is 1.98. The molecular weight excluding hydrogens is 166 g/mol. The SMILES string of the molecule is O=C(Cc1cccnc1)OCl. The summed E-state index contributed by atoms with van der Waals surface area (Å²) in [6.07, 6.45) is 3.39. The molecule has 0 saturated carbocycles. The maximum Gasteiger partial charge on any atom is 0.329 e. The normalized spacial score (nSPS) is 9.18. The fourth-order valence-corrected chi connectivity index (χ4v) is 0.751. The Morgan fingerprint density at radius 1 is 1.73 bits per heavy atom. The molecule has 3 nitrogen and oxygen atoms in total. The molecule has 0 saturated heterocycles. The van der Waals surface area contributed by atoms with Gasteiger partial charge in [-0.3, -0.25) is 9.78 Å². The van der Waals surface area contributed by atoms with Crippen molar-refractivity contribution < 1.29 is 9.08 Å². The van der Waals surface area contributed by atoms with E-state index >= 15 is 0 Å². The van der Waals surface area contributed by atoms with Crippen LogP contribution in [-0.4, -0.2) is 11.0 Å². The van der Waals surface area contributed by atoms with Crippen LogP contribution >= 0.6 is 11.9 Å². The summed E-state index contributed by atoms with van der Waals surface area (Å²) in [4.78, 5) is 14.4. The Bertz CT molecular complexity index is 237. The van der Waals surface area contributed by atoms with Gasteiger partial charge in [-0.1, -0.05) is 6.07 Å². The zero-order valence-electron chi connectivity index (χ0n) is 5.66. The predicted molar refractivity (Wildman–Crippen MR) is 39.9 cm³/mol. The van der Waals surface area contributed by atoms with Crippen molar-refractivity contribution >= 4 is 17.8 Å². The number of aromatic nitrogens is 1. The van der Waals surface area contributed by atoms with Crippen LogP contribution in [0, 0.1) is 0 Å². The van der Waals surface area contributed by atoms with E-state index < -0.39 is 5.97 Å². The van der Waals surface area contributed by atoms with E-state index in [1.165, 1.54) is 0 Å². The van der Waals surface area contributed by atoms with Crippen molar-refractivity contribution in [3.8, 4) is 0 Å². The van der Waals surface area contributed by atoms with Crippen LogP contribution in [0.15, 0.2) is 24.5 Å². The number of halogens is 1. The molecular formula is C7H6ClNO2. The van der Waals surface area contributed by atoms with Crippen molar-refractivity contribution in [2.75, 3.05) is 0 Å². The number of hydrogen-bond acceptors (Lipinski definition) is 3. The molecule has 0 N–H and O–H groups in total. The molecule has 1 aromatic heterocycles.